The minimum Gasteiger partial charge on any atom is -0.497 e. The molecule has 32 heavy (non-hydrogen) atoms. The minimum absolute atomic E-state index is 0.0479. The van der Waals surface area contributed by atoms with E-state index in [0.717, 1.165) is 5.56 Å². The van der Waals surface area contributed by atoms with Crippen LogP contribution < -0.4 is 10.1 Å². The van der Waals surface area contributed by atoms with E-state index in [9.17, 15) is 19.2 Å². The van der Waals surface area contributed by atoms with Gasteiger partial charge in [-0.1, -0.05) is 12.1 Å². The van der Waals surface area contributed by atoms with Crippen LogP contribution in [0.2, 0.25) is 0 Å². The zero-order chi connectivity index (χ0) is 23.3. The molecule has 1 N–H and O–H groups in total. The Kier molecular flexibility index (Phi) is 7.09. The third-order valence-electron chi connectivity index (χ3n) is 5.22. The number of likely N-dealkylation sites (tertiary alicyclic amines) is 1. The average Bonchev–Trinajstić information content (AvgIpc) is 3.18. The fourth-order valence-corrected chi connectivity index (χ4v) is 3.47. The van der Waals surface area contributed by atoms with Crippen molar-refractivity contribution in [2.75, 3.05) is 33.2 Å². The summed E-state index contributed by atoms with van der Waals surface area (Å²) in [7, 11) is 4.03. The molecule has 0 radical (unpaired) electrons. The molecule has 3 rings (SSSR count). The zero-order valence-corrected chi connectivity index (χ0v) is 18.0. The van der Waals surface area contributed by atoms with Crippen molar-refractivity contribution in [2.45, 2.75) is 13.0 Å². The molecule has 1 aliphatic heterocycles. The highest BCUT2D eigenvalue weighted by Gasteiger charge is 2.34. The molecule has 9 heteroatoms. The number of rotatable bonds is 7. The number of hydrogen-bond acceptors (Lipinski definition) is 7. The molecule has 2 amide bonds. The average molecular weight is 440 g/mol. The Morgan fingerprint density at radius 2 is 1.69 bits per heavy atom. The molecule has 0 bridgehead atoms. The lowest BCUT2D eigenvalue weighted by molar-refractivity contribution is -0.128. The SMILES string of the molecule is COC(=O)c1ccc(C(=O)OC)c(NC(=O)C2CC(=O)N(Cc3ccc(OC)cc3)C2)c1. The molecule has 1 atom stereocenters. The number of amides is 2. The summed E-state index contributed by atoms with van der Waals surface area (Å²) in [4.78, 5) is 50.9. The van der Waals surface area contributed by atoms with E-state index in [-0.39, 0.29) is 35.7 Å². The number of hydrogen-bond donors (Lipinski definition) is 1. The van der Waals surface area contributed by atoms with Crippen LogP contribution in [0, 0.1) is 5.92 Å². The molecular formula is C23H24N2O7. The van der Waals surface area contributed by atoms with E-state index >= 15 is 0 Å². The number of ether oxygens (including phenoxy) is 3. The van der Waals surface area contributed by atoms with Crippen LogP contribution in [0.4, 0.5) is 5.69 Å². The van der Waals surface area contributed by atoms with E-state index in [1.54, 1.807) is 12.0 Å². The second-order valence-corrected chi connectivity index (χ2v) is 7.26. The van der Waals surface area contributed by atoms with Crippen LogP contribution in [-0.2, 0) is 25.6 Å². The molecule has 0 spiro atoms. The molecule has 1 aliphatic rings. The number of esters is 2. The molecule has 2 aromatic carbocycles. The maximum atomic E-state index is 12.9. The monoisotopic (exact) mass is 440 g/mol. The maximum Gasteiger partial charge on any atom is 0.339 e. The van der Waals surface area contributed by atoms with Gasteiger partial charge in [0.05, 0.1) is 44.1 Å². The third-order valence-corrected chi connectivity index (χ3v) is 5.22. The van der Waals surface area contributed by atoms with Crippen LogP contribution in [0.1, 0.15) is 32.7 Å². The van der Waals surface area contributed by atoms with Crippen molar-refractivity contribution in [1.82, 2.24) is 4.90 Å². The maximum absolute atomic E-state index is 12.9. The van der Waals surface area contributed by atoms with Crippen molar-refractivity contribution in [1.29, 1.82) is 0 Å². The summed E-state index contributed by atoms with van der Waals surface area (Å²) in [5.41, 5.74) is 1.29. The summed E-state index contributed by atoms with van der Waals surface area (Å²) >= 11 is 0. The fourth-order valence-electron chi connectivity index (χ4n) is 3.47. The van der Waals surface area contributed by atoms with Gasteiger partial charge >= 0.3 is 11.9 Å². The standard InChI is InChI=1S/C23H24N2O7/c1-30-17-7-4-14(5-8-17)12-25-13-16(11-20(25)26)21(27)24-19-10-15(22(28)31-2)6-9-18(19)23(29)32-3/h4-10,16H,11-13H2,1-3H3,(H,24,27). The van der Waals surface area contributed by atoms with E-state index in [1.165, 1.54) is 32.4 Å². The van der Waals surface area contributed by atoms with Gasteiger partial charge in [0, 0.05) is 19.5 Å². The van der Waals surface area contributed by atoms with E-state index in [0.29, 0.717) is 12.3 Å². The largest absolute Gasteiger partial charge is 0.497 e. The van der Waals surface area contributed by atoms with Crippen molar-refractivity contribution in [3.05, 3.63) is 59.2 Å². The Bertz CT molecular complexity index is 1030. The van der Waals surface area contributed by atoms with Gasteiger partial charge in [0.15, 0.2) is 0 Å². The summed E-state index contributed by atoms with van der Waals surface area (Å²) in [6, 6.07) is 11.5. The second kappa shape index (κ2) is 9.95. The van der Waals surface area contributed by atoms with E-state index < -0.39 is 23.8 Å². The quantitative estimate of drug-likeness (QED) is 0.658. The van der Waals surface area contributed by atoms with Crippen molar-refractivity contribution >= 4 is 29.4 Å². The van der Waals surface area contributed by atoms with E-state index in [2.05, 4.69) is 5.32 Å². The van der Waals surface area contributed by atoms with Gasteiger partial charge in [-0.05, 0) is 35.9 Å². The van der Waals surface area contributed by atoms with Crippen LogP contribution in [-0.4, -0.2) is 56.5 Å². The Morgan fingerprint density at radius 3 is 2.31 bits per heavy atom. The Morgan fingerprint density at radius 1 is 1.00 bits per heavy atom. The molecule has 2 aromatic rings. The third kappa shape index (κ3) is 5.05. The highest BCUT2D eigenvalue weighted by Crippen LogP contribution is 2.25. The lowest BCUT2D eigenvalue weighted by Gasteiger charge is -2.17. The van der Waals surface area contributed by atoms with Crippen molar-refractivity contribution in [3.8, 4) is 5.75 Å². The first-order valence-electron chi connectivity index (χ1n) is 9.88. The van der Waals surface area contributed by atoms with Gasteiger partial charge in [-0.3, -0.25) is 9.59 Å². The smallest absolute Gasteiger partial charge is 0.339 e. The van der Waals surface area contributed by atoms with Gasteiger partial charge < -0.3 is 24.4 Å². The molecule has 1 heterocycles. The number of benzene rings is 2. The number of methoxy groups -OCH3 is 3. The number of carbonyl (C=O) groups excluding carboxylic acids is 4. The first kappa shape index (κ1) is 22.8. The predicted molar refractivity (Wildman–Crippen MR) is 114 cm³/mol. The van der Waals surface area contributed by atoms with Crippen LogP contribution in [0.3, 0.4) is 0 Å². The molecular weight excluding hydrogens is 416 g/mol. The zero-order valence-electron chi connectivity index (χ0n) is 18.0. The molecule has 1 saturated heterocycles. The van der Waals surface area contributed by atoms with Crippen LogP contribution in [0.15, 0.2) is 42.5 Å². The molecule has 0 saturated carbocycles. The molecule has 0 aliphatic carbocycles. The lowest BCUT2D eigenvalue weighted by Crippen LogP contribution is -2.28. The number of anilines is 1. The fraction of sp³-hybridized carbons (Fsp3) is 0.304. The Hall–Kier alpha value is -3.88. The summed E-state index contributed by atoms with van der Waals surface area (Å²) in [5, 5.41) is 2.66. The molecule has 1 unspecified atom stereocenters. The van der Waals surface area contributed by atoms with Gasteiger partial charge in [-0.15, -0.1) is 0 Å². The molecule has 168 valence electrons. The normalized spacial score (nSPS) is 15.3. The minimum atomic E-state index is -0.666. The van der Waals surface area contributed by atoms with E-state index in [4.69, 9.17) is 14.2 Å². The molecule has 0 aromatic heterocycles. The summed E-state index contributed by atoms with van der Waals surface area (Å²) < 4.78 is 14.6. The highest BCUT2D eigenvalue weighted by atomic mass is 16.5. The molecule has 9 nitrogen and oxygen atoms in total. The highest BCUT2D eigenvalue weighted by molar-refractivity contribution is 6.05. The van der Waals surface area contributed by atoms with Crippen molar-refractivity contribution in [3.63, 3.8) is 0 Å². The van der Waals surface area contributed by atoms with Crippen molar-refractivity contribution < 1.29 is 33.4 Å². The predicted octanol–water partition coefficient (Wildman–Crippen LogP) is 2.26. The van der Waals surface area contributed by atoms with Gasteiger partial charge in [0.1, 0.15) is 5.75 Å². The van der Waals surface area contributed by atoms with Crippen LogP contribution in [0.5, 0.6) is 5.75 Å². The summed E-state index contributed by atoms with van der Waals surface area (Å²) in [6.45, 7) is 0.610. The van der Waals surface area contributed by atoms with Crippen LogP contribution in [0.25, 0.3) is 0 Å². The molecule has 1 fully saturated rings. The number of nitrogens with zero attached hydrogens (tertiary/aromatic N) is 1. The first-order chi connectivity index (χ1) is 15.4. The van der Waals surface area contributed by atoms with Gasteiger partial charge in [-0.25, -0.2) is 9.59 Å². The number of carbonyl (C=O) groups is 4. The first-order valence-corrected chi connectivity index (χ1v) is 9.88. The second-order valence-electron chi connectivity index (χ2n) is 7.26. The Labute approximate surface area is 185 Å². The lowest BCUT2D eigenvalue weighted by atomic mass is 10.1. The van der Waals surface area contributed by atoms with Crippen LogP contribution >= 0.6 is 0 Å². The topological polar surface area (TPSA) is 111 Å². The van der Waals surface area contributed by atoms with Crippen molar-refractivity contribution in [2.24, 2.45) is 5.92 Å². The van der Waals surface area contributed by atoms with Gasteiger partial charge in [-0.2, -0.15) is 0 Å². The summed E-state index contributed by atoms with van der Waals surface area (Å²) in [5.74, 6) is -1.73. The van der Waals surface area contributed by atoms with E-state index in [1.807, 2.05) is 24.3 Å². The summed E-state index contributed by atoms with van der Waals surface area (Å²) in [6.07, 6.45) is 0.0479. The van der Waals surface area contributed by atoms with Gasteiger partial charge in [0.2, 0.25) is 11.8 Å². The number of nitrogens with one attached hydrogen (secondary N) is 1. The Balaban J connectivity index is 1.73. The van der Waals surface area contributed by atoms with Gasteiger partial charge in [0.25, 0.3) is 0 Å².